The Hall–Kier alpha value is -0.380. The number of hydrogen-bond acceptors (Lipinski definition) is 2. The van der Waals surface area contributed by atoms with Gasteiger partial charge in [0.25, 0.3) is 0 Å². The fourth-order valence-electron chi connectivity index (χ4n) is 1.44. The van der Waals surface area contributed by atoms with E-state index in [-0.39, 0.29) is 5.38 Å². The van der Waals surface area contributed by atoms with Gasteiger partial charge in [-0.05, 0) is 46.6 Å². The summed E-state index contributed by atoms with van der Waals surface area (Å²) >= 11 is 11.6. The highest BCUT2D eigenvalue weighted by Gasteiger charge is 2.13. The minimum atomic E-state index is 0.00454. The van der Waals surface area contributed by atoms with Crippen molar-refractivity contribution >= 4 is 38.9 Å². The molecular weight excluding hydrogens is 306 g/mol. The second kappa shape index (κ2) is 5.30. The minimum absolute atomic E-state index is 0.00454. The van der Waals surface area contributed by atoms with Gasteiger partial charge in [-0.25, -0.2) is 0 Å². The molecule has 0 spiro atoms. The smallest absolute Gasteiger partial charge is 0.0734 e. The number of alkyl halides is 1. The van der Waals surface area contributed by atoms with Gasteiger partial charge in [0.2, 0.25) is 0 Å². The Morgan fingerprint density at radius 3 is 2.88 bits per heavy atom. The summed E-state index contributed by atoms with van der Waals surface area (Å²) in [5, 5.41) is 0.00454. The van der Waals surface area contributed by atoms with E-state index in [2.05, 4.69) is 33.9 Å². The molecule has 2 aromatic rings. The van der Waals surface area contributed by atoms with Crippen LogP contribution in [0.15, 0.2) is 34.2 Å². The van der Waals surface area contributed by atoms with E-state index in [1.54, 1.807) is 17.5 Å². The van der Waals surface area contributed by atoms with Crippen molar-refractivity contribution in [3.63, 3.8) is 0 Å². The van der Waals surface area contributed by atoms with Gasteiger partial charge in [-0.15, -0.1) is 22.9 Å². The van der Waals surface area contributed by atoms with Gasteiger partial charge in [0.15, 0.2) is 0 Å². The lowest BCUT2D eigenvalue weighted by Gasteiger charge is -2.05. The lowest BCUT2D eigenvalue weighted by molar-refractivity contribution is 0.896. The molecule has 1 atom stereocenters. The second-order valence-electron chi connectivity index (χ2n) is 3.60. The molecule has 0 aliphatic rings. The maximum absolute atomic E-state index is 6.38. The van der Waals surface area contributed by atoms with E-state index in [1.807, 2.05) is 18.2 Å². The van der Waals surface area contributed by atoms with Gasteiger partial charge < -0.3 is 0 Å². The van der Waals surface area contributed by atoms with Crippen LogP contribution >= 0.6 is 38.9 Å². The molecule has 0 N–H and O–H groups in total. The first-order chi connectivity index (χ1) is 7.66. The van der Waals surface area contributed by atoms with Crippen molar-refractivity contribution in [1.82, 2.24) is 4.98 Å². The highest BCUT2D eigenvalue weighted by atomic mass is 79.9. The van der Waals surface area contributed by atoms with Crippen LogP contribution in [0.2, 0.25) is 0 Å². The highest BCUT2D eigenvalue weighted by molar-refractivity contribution is 9.11. The van der Waals surface area contributed by atoms with Crippen LogP contribution in [0.25, 0.3) is 0 Å². The third-order valence-electron chi connectivity index (χ3n) is 2.30. The normalized spacial score (nSPS) is 12.7. The number of pyridine rings is 1. The topological polar surface area (TPSA) is 12.9 Å². The van der Waals surface area contributed by atoms with E-state index in [1.165, 1.54) is 10.4 Å². The first-order valence-corrected chi connectivity index (χ1v) is 7.01. The molecule has 0 aromatic carbocycles. The van der Waals surface area contributed by atoms with Crippen molar-refractivity contribution in [2.75, 3.05) is 0 Å². The zero-order valence-electron chi connectivity index (χ0n) is 8.78. The van der Waals surface area contributed by atoms with Gasteiger partial charge in [0.05, 0.1) is 9.16 Å². The quantitative estimate of drug-likeness (QED) is 0.746. The van der Waals surface area contributed by atoms with Crippen LogP contribution in [0, 0.1) is 6.92 Å². The molecule has 84 valence electrons. The lowest BCUT2D eigenvalue weighted by atomic mass is 10.2. The predicted octanol–water partition coefficient (Wildman–Crippen LogP) is 4.74. The Balaban J connectivity index is 2.11. The largest absolute Gasteiger partial charge is 0.261 e. The van der Waals surface area contributed by atoms with Crippen LogP contribution in [0.4, 0.5) is 0 Å². The molecule has 2 heterocycles. The summed E-state index contributed by atoms with van der Waals surface area (Å²) in [7, 11) is 0. The summed E-state index contributed by atoms with van der Waals surface area (Å²) in [6.45, 7) is 2.08. The van der Waals surface area contributed by atoms with Crippen molar-refractivity contribution in [2.45, 2.75) is 18.7 Å². The number of nitrogens with zero attached hydrogens (tertiary/aromatic N) is 1. The molecule has 0 saturated heterocycles. The van der Waals surface area contributed by atoms with Crippen LogP contribution in [-0.4, -0.2) is 4.98 Å². The zero-order chi connectivity index (χ0) is 11.5. The maximum Gasteiger partial charge on any atom is 0.0734 e. The molecule has 1 nitrogen and oxygen atoms in total. The Bertz CT molecular complexity index is 450. The van der Waals surface area contributed by atoms with Gasteiger partial charge in [-0.3, -0.25) is 4.98 Å². The highest BCUT2D eigenvalue weighted by Crippen LogP contribution is 2.35. The third kappa shape index (κ3) is 2.84. The van der Waals surface area contributed by atoms with E-state index in [4.69, 9.17) is 11.6 Å². The van der Waals surface area contributed by atoms with Crippen molar-refractivity contribution in [3.05, 3.63) is 50.4 Å². The summed E-state index contributed by atoms with van der Waals surface area (Å²) in [6, 6.07) is 8.04. The summed E-state index contributed by atoms with van der Waals surface area (Å²) in [6.07, 6.45) is 2.57. The van der Waals surface area contributed by atoms with Gasteiger partial charge in [-0.2, -0.15) is 0 Å². The molecule has 0 bridgehead atoms. The average molecular weight is 317 g/mol. The number of halogens is 2. The van der Waals surface area contributed by atoms with Crippen LogP contribution < -0.4 is 0 Å². The molecule has 16 heavy (non-hydrogen) atoms. The Kier molecular flexibility index (Phi) is 4.00. The molecule has 0 aliphatic carbocycles. The molecular formula is C12H11BrClNS. The first kappa shape index (κ1) is 12.1. The predicted molar refractivity (Wildman–Crippen MR) is 73.3 cm³/mol. The maximum atomic E-state index is 6.38. The van der Waals surface area contributed by atoms with Crippen LogP contribution in [0.3, 0.4) is 0 Å². The monoisotopic (exact) mass is 315 g/mol. The van der Waals surface area contributed by atoms with Crippen molar-refractivity contribution < 1.29 is 0 Å². The lowest BCUT2D eigenvalue weighted by Crippen LogP contribution is -1.95. The fraction of sp³-hybridized carbons (Fsp3) is 0.250. The molecule has 0 saturated carbocycles. The SMILES string of the molecule is Cc1cc(C(Cl)Cc2ccccn2)sc1Br. The average Bonchev–Trinajstić information content (AvgIpc) is 2.61. The Labute approximate surface area is 113 Å². The number of thiophene rings is 1. The summed E-state index contributed by atoms with van der Waals surface area (Å²) < 4.78 is 1.16. The van der Waals surface area contributed by atoms with Crippen LogP contribution in [0.1, 0.15) is 21.5 Å². The molecule has 4 heteroatoms. The van der Waals surface area contributed by atoms with E-state index >= 15 is 0 Å². The van der Waals surface area contributed by atoms with E-state index in [0.717, 1.165) is 15.9 Å². The Morgan fingerprint density at radius 2 is 2.31 bits per heavy atom. The standard InChI is InChI=1S/C12H11BrClNS/c1-8-6-11(16-12(8)13)10(14)7-9-4-2-3-5-15-9/h2-6,10H,7H2,1H3. The molecule has 1 unspecified atom stereocenters. The molecule has 0 fully saturated rings. The summed E-state index contributed by atoms with van der Waals surface area (Å²) in [5.74, 6) is 0. The van der Waals surface area contributed by atoms with E-state index in [0.29, 0.717) is 0 Å². The fourth-order valence-corrected chi connectivity index (χ4v) is 3.34. The van der Waals surface area contributed by atoms with Gasteiger partial charge in [-0.1, -0.05) is 6.07 Å². The Morgan fingerprint density at radius 1 is 1.50 bits per heavy atom. The molecule has 2 rings (SSSR count). The second-order valence-corrected chi connectivity index (χ2v) is 6.53. The van der Waals surface area contributed by atoms with Gasteiger partial charge in [0, 0.05) is 23.2 Å². The number of aromatic nitrogens is 1. The third-order valence-corrected chi connectivity index (χ3v) is 5.07. The van der Waals surface area contributed by atoms with Crippen LogP contribution in [0.5, 0.6) is 0 Å². The first-order valence-electron chi connectivity index (χ1n) is 4.96. The van der Waals surface area contributed by atoms with E-state index in [9.17, 15) is 0 Å². The summed E-state index contributed by atoms with van der Waals surface area (Å²) in [5.41, 5.74) is 2.27. The molecule has 0 aliphatic heterocycles. The number of rotatable bonds is 3. The minimum Gasteiger partial charge on any atom is -0.261 e. The van der Waals surface area contributed by atoms with Gasteiger partial charge in [0.1, 0.15) is 0 Å². The molecule has 0 amide bonds. The van der Waals surface area contributed by atoms with Crippen molar-refractivity contribution in [1.29, 1.82) is 0 Å². The zero-order valence-corrected chi connectivity index (χ0v) is 11.9. The number of aryl methyl sites for hydroxylation is 1. The number of hydrogen-bond donors (Lipinski definition) is 0. The summed E-state index contributed by atoms with van der Waals surface area (Å²) in [4.78, 5) is 5.47. The van der Waals surface area contributed by atoms with E-state index < -0.39 is 0 Å². The molecule has 2 aromatic heterocycles. The van der Waals surface area contributed by atoms with Crippen molar-refractivity contribution in [3.8, 4) is 0 Å². The van der Waals surface area contributed by atoms with Crippen LogP contribution in [-0.2, 0) is 6.42 Å². The molecule has 0 radical (unpaired) electrons. The van der Waals surface area contributed by atoms with Gasteiger partial charge >= 0.3 is 0 Å². The van der Waals surface area contributed by atoms with Crippen molar-refractivity contribution in [2.24, 2.45) is 0 Å².